The van der Waals surface area contributed by atoms with Crippen molar-refractivity contribution in [2.75, 3.05) is 6.29 Å². The third-order valence-corrected chi connectivity index (χ3v) is 4.28. The lowest BCUT2D eigenvalue weighted by Crippen LogP contribution is -2.13. The van der Waals surface area contributed by atoms with Gasteiger partial charge in [-0.15, -0.1) is 0 Å². The molecule has 2 rings (SSSR count). The Bertz CT molecular complexity index is 369. The molecule has 1 aromatic carbocycles. The second kappa shape index (κ2) is 3.39. The molecule has 0 amide bonds. The molecule has 1 aliphatic heterocycles. The third-order valence-electron chi connectivity index (χ3n) is 1.85. The van der Waals surface area contributed by atoms with Gasteiger partial charge in [0.2, 0.25) is 0 Å². The lowest BCUT2D eigenvalue weighted by molar-refractivity contribution is 0.275. The number of rotatable bonds is 1. The summed E-state index contributed by atoms with van der Waals surface area (Å²) in [6.45, 7) is -1.70. The minimum Gasteiger partial charge on any atom is -0.442 e. The quantitative estimate of drug-likeness (QED) is 0.726. The standard InChI is InChI=1S/C8H10NO2PS/c9-6-12(13)10-5-7-3-1-2-4-8(7)11-12/h1-4H,5-6,9H2. The molecule has 1 heterocycles. The van der Waals surface area contributed by atoms with Gasteiger partial charge < -0.3 is 14.8 Å². The highest BCUT2D eigenvalue weighted by atomic mass is 32.5. The fourth-order valence-electron chi connectivity index (χ4n) is 1.15. The van der Waals surface area contributed by atoms with Crippen LogP contribution in [-0.4, -0.2) is 6.29 Å². The number of nitrogens with two attached hydrogens (primary N) is 1. The van der Waals surface area contributed by atoms with Gasteiger partial charge in [0.25, 0.3) is 6.49 Å². The fraction of sp³-hybridized carbons (Fsp3) is 0.250. The molecule has 1 unspecified atom stereocenters. The van der Waals surface area contributed by atoms with Crippen LogP contribution in [-0.2, 0) is 22.9 Å². The van der Waals surface area contributed by atoms with Crippen LogP contribution in [0.3, 0.4) is 0 Å². The average molecular weight is 215 g/mol. The molecule has 70 valence electrons. The van der Waals surface area contributed by atoms with Crippen molar-refractivity contribution >= 4 is 18.3 Å². The van der Waals surface area contributed by atoms with E-state index in [2.05, 4.69) is 0 Å². The van der Waals surface area contributed by atoms with Crippen molar-refractivity contribution in [1.82, 2.24) is 0 Å². The summed E-state index contributed by atoms with van der Waals surface area (Å²) in [5, 5.41) is 0. The first-order chi connectivity index (χ1) is 6.23. The minimum absolute atomic E-state index is 0.288. The molecule has 2 N–H and O–H groups in total. The van der Waals surface area contributed by atoms with Crippen LogP contribution in [0.1, 0.15) is 5.56 Å². The fourth-order valence-corrected chi connectivity index (χ4v) is 2.59. The molecule has 0 bridgehead atoms. The van der Waals surface area contributed by atoms with Crippen LogP contribution in [0.5, 0.6) is 5.75 Å². The van der Waals surface area contributed by atoms with Gasteiger partial charge >= 0.3 is 0 Å². The highest BCUT2D eigenvalue weighted by Crippen LogP contribution is 2.52. The molecule has 0 fully saturated rings. The Balaban J connectivity index is 2.35. The van der Waals surface area contributed by atoms with Crippen LogP contribution in [0.4, 0.5) is 0 Å². The summed E-state index contributed by atoms with van der Waals surface area (Å²) < 4.78 is 11.0. The third kappa shape index (κ3) is 1.76. The Kier molecular flexibility index (Phi) is 2.39. The normalized spacial score (nSPS) is 26.2. The minimum atomic E-state index is -2.22. The molecule has 1 aromatic rings. The van der Waals surface area contributed by atoms with E-state index in [0.29, 0.717) is 6.61 Å². The number of hydrogen-bond acceptors (Lipinski definition) is 4. The van der Waals surface area contributed by atoms with Gasteiger partial charge in [0.15, 0.2) is 0 Å². The molecule has 0 radical (unpaired) electrons. The van der Waals surface area contributed by atoms with Gasteiger partial charge in [-0.05, 0) is 17.9 Å². The maximum Gasteiger partial charge on any atom is 0.251 e. The topological polar surface area (TPSA) is 44.5 Å². The Labute approximate surface area is 82.0 Å². The van der Waals surface area contributed by atoms with Gasteiger partial charge in [0, 0.05) is 5.56 Å². The summed E-state index contributed by atoms with van der Waals surface area (Å²) in [4.78, 5) is 0. The monoisotopic (exact) mass is 215 g/mol. The maximum absolute atomic E-state index is 5.55. The molecule has 0 spiro atoms. The van der Waals surface area contributed by atoms with E-state index in [1.165, 1.54) is 0 Å². The van der Waals surface area contributed by atoms with Crippen LogP contribution < -0.4 is 10.3 Å². The number of fused-ring (bicyclic) bond motifs is 1. The summed E-state index contributed by atoms with van der Waals surface area (Å²) in [6.07, 6.45) is 0.288. The van der Waals surface area contributed by atoms with Crippen LogP contribution in [0.15, 0.2) is 24.3 Å². The summed E-state index contributed by atoms with van der Waals surface area (Å²) in [5.74, 6) is 0.822. The lowest BCUT2D eigenvalue weighted by Gasteiger charge is -2.27. The van der Waals surface area contributed by atoms with E-state index in [1.54, 1.807) is 0 Å². The lowest BCUT2D eigenvalue weighted by atomic mass is 10.2. The summed E-state index contributed by atoms with van der Waals surface area (Å²) in [6, 6.07) is 7.72. The zero-order valence-corrected chi connectivity index (χ0v) is 8.68. The summed E-state index contributed by atoms with van der Waals surface area (Å²) in [7, 11) is 0. The Morgan fingerprint density at radius 3 is 3.00 bits per heavy atom. The van der Waals surface area contributed by atoms with E-state index in [9.17, 15) is 0 Å². The van der Waals surface area contributed by atoms with E-state index in [1.807, 2.05) is 24.3 Å². The van der Waals surface area contributed by atoms with Crippen molar-refractivity contribution < 1.29 is 9.05 Å². The molecule has 0 aromatic heterocycles. The first-order valence-corrected chi connectivity index (χ1v) is 6.77. The van der Waals surface area contributed by atoms with Crippen LogP contribution in [0, 0.1) is 0 Å². The second-order valence-corrected chi connectivity index (χ2v) is 6.46. The molecule has 3 nitrogen and oxygen atoms in total. The van der Waals surface area contributed by atoms with Gasteiger partial charge in [0.1, 0.15) is 5.75 Å². The molecule has 0 saturated heterocycles. The van der Waals surface area contributed by atoms with Gasteiger partial charge in [-0.3, -0.25) is 0 Å². The van der Waals surface area contributed by atoms with Gasteiger partial charge in [-0.25, -0.2) is 0 Å². The molecule has 0 saturated carbocycles. The van der Waals surface area contributed by atoms with Crippen molar-refractivity contribution in [2.24, 2.45) is 5.73 Å². The predicted octanol–water partition coefficient (Wildman–Crippen LogP) is 1.82. The zero-order valence-electron chi connectivity index (χ0n) is 6.97. The largest absolute Gasteiger partial charge is 0.442 e. The highest BCUT2D eigenvalue weighted by molar-refractivity contribution is 8.10. The number of para-hydroxylation sites is 1. The molecule has 0 aliphatic carbocycles. The first-order valence-electron chi connectivity index (χ1n) is 3.95. The SMILES string of the molecule is NCP1(=S)OCc2ccccc2O1. The number of hydrogen-bond donors (Lipinski definition) is 1. The van der Waals surface area contributed by atoms with Crippen LogP contribution >= 0.6 is 6.49 Å². The summed E-state index contributed by atoms with van der Waals surface area (Å²) in [5.41, 5.74) is 6.53. The Morgan fingerprint density at radius 2 is 2.23 bits per heavy atom. The van der Waals surface area contributed by atoms with Crippen molar-refractivity contribution in [1.29, 1.82) is 0 Å². The smallest absolute Gasteiger partial charge is 0.251 e. The summed E-state index contributed by atoms with van der Waals surface area (Å²) >= 11 is 5.17. The Morgan fingerprint density at radius 1 is 1.46 bits per heavy atom. The van der Waals surface area contributed by atoms with Crippen LogP contribution in [0.2, 0.25) is 0 Å². The number of benzene rings is 1. The second-order valence-electron chi connectivity index (χ2n) is 2.77. The van der Waals surface area contributed by atoms with Crippen molar-refractivity contribution in [2.45, 2.75) is 6.61 Å². The molecule has 1 aliphatic rings. The highest BCUT2D eigenvalue weighted by Gasteiger charge is 2.25. The van der Waals surface area contributed by atoms with Gasteiger partial charge in [0.05, 0.1) is 12.9 Å². The Hall–Kier alpha value is -0.410. The van der Waals surface area contributed by atoms with Gasteiger partial charge in [-0.1, -0.05) is 18.2 Å². The molecule has 5 heteroatoms. The van der Waals surface area contributed by atoms with E-state index in [0.717, 1.165) is 11.3 Å². The molecular weight excluding hydrogens is 205 g/mol. The van der Waals surface area contributed by atoms with E-state index < -0.39 is 6.49 Å². The van der Waals surface area contributed by atoms with Gasteiger partial charge in [-0.2, -0.15) is 0 Å². The molecule has 1 atom stereocenters. The average Bonchev–Trinajstić information content (AvgIpc) is 2.18. The molecule has 13 heavy (non-hydrogen) atoms. The van der Waals surface area contributed by atoms with E-state index in [4.69, 9.17) is 26.6 Å². The van der Waals surface area contributed by atoms with Crippen molar-refractivity contribution in [3.63, 3.8) is 0 Å². The van der Waals surface area contributed by atoms with Crippen LogP contribution in [0.25, 0.3) is 0 Å². The first kappa shape index (κ1) is 9.16. The van der Waals surface area contributed by atoms with E-state index in [-0.39, 0.29) is 6.29 Å². The van der Waals surface area contributed by atoms with Crippen molar-refractivity contribution in [3.05, 3.63) is 29.8 Å². The molecular formula is C8H10NO2PS. The zero-order chi connectivity index (χ0) is 9.31. The maximum atomic E-state index is 5.55. The van der Waals surface area contributed by atoms with E-state index >= 15 is 0 Å². The van der Waals surface area contributed by atoms with Crippen molar-refractivity contribution in [3.8, 4) is 5.75 Å². The predicted molar refractivity (Wildman–Crippen MR) is 55.2 cm³/mol.